The molecule has 0 bridgehead atoms. The lowest BCUT2D eigenvalue weighted by Crippen LogP contribution is -2.57. The van der Waals surface area contributed by atoms with E-state index in [1.54, 1.807) is 38.1 Å². The van der Waals surface area contributed by atoms with E-state index in [-0.39, 0.29) is 90.0 Å². The highest BCUT2D eigenvalue weighted by Crippen LogP contribution is 2.50. The fourth-order valence-corrected chi connectivity index (χ4v) is 8.16. The van der Waals surface area contributed by atoms with Gasteiger partial charge in [0, 0.05) is 11.8 Å². The van der Waals surface area contributed by atoms with Gasteiger partial charge >= 0.3 is 11.9 Å². The number of benzene rings is 2. The number of aliphatic carboxylic acids is 2. The monoisotopic (exact) mass is 882 g/mol. The van der Waals surface area contributed by atoms with Crippen LogP contribution in [0.1, 0.15) is 125 Å². The minimum Gasteiger partial charge on any atom is -0.507 e. The first-order valence-electron chi connectivity index (χ1n) is 21.3. The molecule has 0 aliphatic carbocycles. The lowest BCUT2D eigenvalue weighted by molar-refractivity contribution is -0.209. The number of carbonyl (C=O) groups is 2. The number of aliphatic hydroxyl groups excluding tert-OH is 4. The highest BCUT2D eigenvalue weighted by atomic mass is 16.6. The molecule has 354 valence electrons. The van der Waals surface area contributed by atoms with Crippen molar-refractivity contribution in [1.29, 1.82) is 0 Å². The molecule has 0 saturated carbocycles. The van der Waals surface area contributed by atoms with Crippen LogP contribution in [0.3, 0.4) is 0 Å². The first kappa shape index (κ1) is 54.7. The number of ether oxygens (including phenoxy) is 4. The zero-order valence-electron chi connectivity index (χ0n) is 37.9. The molecule has 16 heteroatoms. The minimum absolute atomic E-state index is 0.00504. The molecule has 0 amide bonds. The third kappa shape index (κ3) is 15.1. The molecule has 4 unspecified atom stereocenters. The number of phenolic OH excluding ortho intramolecular Hbond substituents is 2. The SMILES string of the molecule is Cc1cc(C(CC(=O)O)C(O)(CCCCC(O)(C(CO)OCCOCCO)C(CO)OCCOCCO)C(CC(=O)O)c2cc(C)c(O)c(C(C)(C)C)c2)cc(C(C)(C)C)c1O. The van der Waals surface area contributed by atoms with E-state index < -0.39 is 84.1 Å². The van der Waals surface area contributed by atoms with Gasteiger partial charge in [0.1, 0.15) is 29.3 Å². The van der Waals surface area contributed by atoms with Gasteiger partial charge in [-0.05, 0) is 70.9 Å². The van der Waals surface area contributed by atoms with E-state index in [0.29, 0.717) is 33.4 Å². The number of phenols is 2. The maximum absolute atomic E-state index is 13.5. The van der Waals surface area contributed by atoms with Crippen LogP contribution in [0.4, 0.5) is 0 Å². The molecule has 0 saturated heterocycles. The van der Waals surface area contributed by atoms with E-state index in [1.165, 1.54) is 0 Å². The molecular formula is C46H74O16. The van der Waals surface area contributed by atoms with Crippen molar-refractivity contribution in [2.45, 2.75) is 140 Å². The Kier molecular flexibility index (Phi) is 21.7. The van der Waals surface area contributed by atoms with E-state index >= 15 is 0 Å². The van der Waals surface area contributed by atoms with Gasteiger partial charge in [-0.1, -0.05) is 78.6 Å². The van der Waals surface area contributed by atoms with Gasteiger partial charge in [0.25, 0.3) is 0 Å². The molecule has 2 aromatic rings. The van der Waals surface area contributed by atoms with Crippen LogP contribution in [0.15, 0.2) is 24.3 Å². The van der Waals surface area contributed by atoms with Crippen LogP contribution in [0.5, 0.6) is 11.5 Å². The van der Waals surface area contributed by atoms with Crippen molar-refractivity contribution in [3.05, 3.63) is 57.6 Å². The number of hydrogen-bond donors (Lipinski definition) is 10. The lowest BCUT2D eigenvalue weighted by atomic mass is 9.65. The maximum atomic E-state index is 13.5. The normalized spacial score (nSPS) is 16.3. The predicted molar refractivity (Wildman–Crippen MR) is 231 cm³/mol. The smallest absolute Gasteiger partial charge is 0.304 e. The van der Waals surface area contributed by atoms with Gasteiger partial charge in [0.2, 0.25) is 0 Å². The number of carboxylic acid groups (broad SMARTS) is 2. The summed E-state index contributed by atoms with van der Waals surface area (Å²) in [6, 6.07) is 6.51. The van der Waals surface area contributed by atoms with Gasteiger partial charge in [0.05, 0.1) is 84.5 Å². The van der Waals surface area contributed by atoms with E-state index in [2.05, 4.69) is 0 Å². The van der Waals surface area contributed by atoms with Crippen LogP contribution in [0.25, 0.3) is 0 Å². The molecule has 0 spiro atoms. The van der Waals surface area contributed by atoms with Crippen LogP contribution >= 0.6 is 0 Å². The summed E-state index contributed by atoms with van der Waals surface area (Å²) in [6.07, 6.45) is -4.23. The lowest BCUT2D eigenvalue weighted by Gasteiger charge is -2.44. The molecule has 0 radical (unpaired) electrons. The predicted octanol–water partition coefficient (Wildman–Crippen LogP) is 3.92. The third-order valence-corrected chi connectivity index (χ3v) is 11.4. The molecule has 0 heterocycles. The number of carboxylic acids is 2. The zero-order valence-corrected chi connectivity index (χ0v) is 37.9. The Hall–Kier alpha value is -3.42. The third-order valence-electron chi connectivity index (χ3n) is 11.4. The van der Waals surface area contributed by atoms with Crippen LogP contribution in [0.2, 0.25) is 0 Å². The average Bonchev–Trinajstić information content (AvgIpc) is 3.18. The molecule has 0 aliphatic heterocycles. The molecule has 0 fully saturated rings. The summed E-state index contributed by atoms with van der Waals surface area (Å²) in [6.45, 7) is 12.6. The summed E-state index contributed by atoms with van der Waals surface area (Å²) >= 11 is 0. The van der Waals surface area contributed by atoms with Crippen molar-refractivity contribution >= 4 is 11.9 Å². The van der Waals surface area contributed by atoms with Crippen LogP contribution < -0.4 is 0 Å². The van der Waals surface area contributed by atoms with Gasteiger partial charge in [-0.15, -0.1) is 0 Å². The summed E-state index contributed by atoms with van der Waals surface area (Å²) in [5.41, 5.74) is -2.88. The second-order valence-corrected chi connectivity index (χ2v) is 18.2. The molecule has 0 aliphatic rings. The molecular weight excluding hydrogens is 808 g/mol. The highest BCUT2D eigenvalue weighted by molar-refractivity contribution is 5.70. The van der Waals surface area contributed by atoms with Crippen molar-refractivity contribution in [2.75, 3.05) is 66.1 Å². The summed E-state index contributed by atoms with van der Waals surface area (Å²) in [7, 11) is 0. The molecule has 62 heavy (non-hydrogen) atoms. The Morgan fingerprint density at radius 2 is 0.919 bits per heavy atom. The van der Waals surface area contributed by atoms with Crippen LogP contribution in [-0.4, -0.2) is 152 Å². The van der Waals surface area contributed by atoms with Gasteiger partial charge in [-0.25, -0.2) is 0 Å². The van der Waals surface area contributed by atoms with Crippen molar-refractivity contribution in [1.82, 2.24) is 0 Å². The Morgan fingerprint density at radius 1 is 0.565 bits per heavy atom. The van der Waals surface area contributed by atoms with Crippen molar-refractivity contribution in [2.24, 2.45) is 0 Å². The standard InChI is InChI=1S/C46H74O16/c1-29-21-31(23-35(41(29)55)43(3,4)5)33(25-39(51)52)45(57,34(26-40(53)54)32-22-30(2)42(56)36(24-32)44(6,7)8)11-9-10-12-46(58,37(27-49)61-19-17-59-15-13-47)38(28-50)62-20-18-60-16-14-48/h21-24,33-34,37-38,47-50,55-58H,9-20,25-28H2,1-8H3,(H,51,52)(H,53,54). The number of aromatic hydroxyl groups is 2. The van der Waals surface area contributed by atoms with Crippen molar-refractivity contribution in [3.63, 3.8) is 0 Å². The van der Waals surface area contributed by atoms with Crippen molar-refractivity contribution < 1.29 is 79.6 Å². The van der Waals surface area contributed by atoms with E-state index in [0.717, 1.165) is 0 Å². The number of unbranched alkanes of at least 4 members (excludes halogenated alkanes) is 1. The Bertz CT molecular complexity index is 1590. The maximum Gasteiger partial charge on any atom is 0.304 e. The number of rotatable bonds is 29. The van der Waals surface area contributed by atoms with Crippen molar-refractivity contribution in [3.8, 4) is 11.5 Å². The molecule has 16 nitrogen and oxygen atoms in total. The number of aliphatic hydroxyl groups is 6. The second-order valence-electron chi connectivity index (χ2n) is 18.2. The van der Waals surface area contributed by atoms with Gasteiger partial charge in [-0.2, -0.15) is 0 Å². The Balaban J connectivity index is 2.85. The summed E-state index contributed by atoms with van der Waals surface area (Å²) < 4.78 is 22.2. The fraction of sp³-hybridized carbons (Fsp3) is 0.696. The molecule has 2 aromatic carbocycles. The van der Waals surface area contributed by atoms with Gasteiger partial charge in [0.15, 0.2) is 0 Å². The van der Waals surface area contributed by atoms with E-state index in [1.807, 2.05) is 41.5 Å². The minimum atomic E-state index is -2.14. The summed E-state index contributed by atoms with van der Waals surface area (Å²) in [4.78, 5) is 25.7. The first-order valence-corrected chi connectivity index (χ1v) is 21.3. The molecule has 4 atom stereocenters. The first-order chi connectivity index (χ1) is 28.9. The topological polar surface area (TPSA) is 273 Å². The largest absolute Gasteiger partial charge is 0.507 e. The van der Waals surface area contributed by atoms with Gasteiger partial charge in [-0.3, -0.25) is 9.59 Å². The quantitative estimate of drug-likeness (QED) is 0.0519. The average molecular weight is 883 g/mol. The Labute approximate surface area is 366 Å². The number of aryl methyl sites for hydroxylation is 2. The number of hydrogen-bond acceptors (Lipinski definition) is 14. The van der Waals surface area contributed by atoms with Gasteiger partial charge < -0.3 is 70.0 Å². The summed E-state index contributed by atoms with van der Waals surface area (Å²) in [5, 5.41) is 108. The highest BCUT2D eigenvalue weighted by Gasteiger charge is 2.49. The summed E-state index contributed by atoms with van der Waals surface area (Å²) in [5.74, 6) is -5.04. The molecule has 10 N–H and O–H groups in total. The van der Waals surface area contributed by atoms with E-state index in [4.69, 9.17) is 29.2 Å². The Morgan fingerprint density at radius 3 is 1.23 bits per heavy atom. The fourth-order valence-electron chi connectivity index (χ4n) is 8.16. The van der Waals surface area contributed by atoms with Crippen LogP contribution in [0, 0.1) is 13.8 Å². The second kappa shape index (κ2) is 24.6. The van der Waals surface area contributed by atoms with E-state index in [9.17, 15) is 50.4 Å². The molecule has 0 aromatic heterocycles. The molecule has 2 rings (SSSR count). The van der Waals surface area contributed by atoms with Crippen LogP contribution in [-0.2, 0) is 39.4 Å². The zero-order chi connectivity index (χ0) is 47.1.